The van der Waals surface area contributed by atoms with E-state index < -0.39 is 0 Å². The zero-order valence-corrected chi connectivity index (χ0v) is 20.8. The molecule has 0 radical (unpaired) electrons. The van der Waals surface area contributed by atoms with E-state index in [-0.39, 0.29) is 29.8 Å². The smallest absolute Gasteiger partial charge is 0.399 e. The summed E-state index contributed by atoms with van der Waals surface area (Å²) in [4.78, 5) is 32.3. The highest BCUT2D eigenvalue weighted by Crippen LogP contribution is 2.46. The summed E-state index contributed by atoms with van der Waals surface area (Å²) < 4.78 is 12.1. The molecule has 2 aromatic rings. The third kappa shape index (κ3) is 5.28. The Morgan fingerprint density at radius 3 is 2.06 bits per heavy atom. The monoisotopic (exact) mass is 464 g/mol. The van der Waals surface area contributed by atoms with Crippen LogP contribution in [0.5, 0.6) is 0 Å². The van der Waals surface area contributed by atoms with Crippen LogP contribution in [-0.2, 0) is 9.31 Å². The quantitative estimate of drug-likeness (QED) is 0.406. The number of carbonyl (C=O) groups is 2. The maximum Gasteiger partial charge on any atom is 0.494 e. The summed E-state index contributed by atoms with van der Waals surface area (Å²) in [7, 11) is 1.21. The Hall–Kier alpha value is -2.84. The van der Waals surface area contributed by atoms with Crippen molar-refractivity contribution in [3.05, 3.63) is 70.1 Å². The molecule has 1 aliphatic heterocycles. The van der Waals surface area contributed by atoms with Crippen LogP contribution in [-0.4, -0.2) is 43.1 Å². The highest BCUT2D eigenvalue weighted by Gasteiger charge is 2.51. The highest BCUT2D eigenvalue weighted by atomic mass is 16.7. The number of nitroso groups, excluding NO2 is 1. The van der Waals surface area contributed by atoms with Gasteiger partial charge in [-0.05, 0) is 70.5 Å². The predicted molar refractivity (Wildman–Crippen MR) is 134 cm³/mol. The Morgan fingerprint density at radius 1 is 1.00 bits per heavy atom. The minimum Gasteiger partial charge on any atom is -0.399 e. The second-order valence-electron chi connectivity index (χ2n) is 10.2. The zero-order chi connectivity index (χ0) is 25.1. The number of amides is 1. The fourth-order valence-corrected chi connectivity index (χ4v) is 4.16. The Morgan fingerprint density at radius 2 is 1.56 bits per heavy atom. The van der Waals surface area contributed by atoms with E-state index in [1.54, 1.807) is 24.3 Å². The topological polar surface area (TPSA) is 94.1 Å². The number of rotatable bonds is 5. The first kappa shape index (κ1) is 25.8. The second kappa shape index (κ2) is 9.80. The van der Waals surface area contributed by atoms with Gasteiger partial charge in [-0.2, -0.15) is 4.91 Å². The summed E-state index contributed by atoms with van der Waals surface area (Å²) in [6.45, 7) is 10.2. The molecule has 0 atom stereocenters. The van der Waals surface area contributed by atoms with Gasteiger partial charge >= 0.3 is 7.12 Å². The maximum absolute atomic E-state index is 11.1. The number of hydrogen-bond acceptors (Lipinski definition) is 6. The van der Waals surface area contributed by atoms with Crippen LogP contribution >= 0.6 is 0 Å². The third-order valence-corrected chi connectivity index (χ3v) is 7.09. The summed E-state index contributed by atoms with van der Waals surface area (Å²) in [5, 5.41) is 5.68. The van der Waals surface area contributed by atoms with E-state index in [4.69, 9.17) is 9.31 Å². The molecule has 1 saturated carbocycles. The number of carbonyl (C=O) groups excluding carboxylic acids is 2. The van der Waals surface area contributed by atoms with Crippen molar-refractivity contribution in [2.24, 2.45) is 5.18 Å². The summed E-state index contributed by atoms with van der Waals surface area (Å²) in [5.41, 5.74) is 2.13. The lowest BCUT2D eigenvalue weighted by atomic mass is 9.66. The molecule has 7 nitrogen and oxygen atoms in total. The largest absolute Gasteiger partial charge is 0.494 e. The summed E-state index contributed by atoms with van der Waals surface area (Å²) in [6.07, 6.45) is 2.35. The number of hydrogen-bond donors (Lipinski definition) is 1. The van der Waals surface area contributed by atoms with Gasteiger partial charge in [-0.25, -0.2) is 0 Å². The van der Waals surface area contributed by atoms with E-state index in [0.29, 0.717) is 23.3 Å². The molecule has 2 fully saturated rings. The molecule has 0 aromatic heterocycles. The molecule has 2 aromatic carbocycles. The average Bonchev–Trinajstić information content (AvgIpc) is 3.03. The van der Waals surface area contributed by atoms with Gasteiger partial charge < -0.3 is 14.6 Å². The standard InChI is InChI=1S/C17H24BNO3.C9H9NO2/c1-15(2)16(3,4)22-18(21-15)14-8-6-12(7-9-14)13-10-17(5,11-13)19-20;1-10-9(12)8-5-3-2-4-7(8)6-11/h6-9,13H,10-11H2,1-5H3;2-6H,1H3,(H,10,12). The molecule has 34 heavy (non-hydrogen) atoms. The SMILES string of the molecule is CC1(N=O)CC(c2ccc(B3OC(C)(C)C(C)(C)O3)cc2)C1.CNC(=O)c1ccccc1C=O. The second-order valence-corrected chi connectivity index (χ2v) is 10.2. The molecule has 2 aliphatic rings. The fourth-order valence-electron chi connectivity index (χ4n) is 4.16. The number of aldehydes is 1. The fraction of sp³-hybridized carbons (Fsp3) is 0.462. The Kier molecular flexibility index (Phi) is 7.43. The Balaban J connectivity index is 0.000000229. The minimum atomic E-state index is -0.366. The van der Waals surface area contributed by atoms with Crippen LogP contribution in [0.4, 0.5) is 0 Å². The number of nitrogens with one attached hydrogen (secondary N) is 1. The van der Waals surface area contributed by atoms with Crippen LogP contribution in [0.25, 0.3) is 0 Å². The van der Waals surface area contributed by atoms with Gasteiger partial charge in [0, 0.05) is 18.2 Å². The van der Waals surface area contributed by atoms with Crippen molar-refractivity contribution in [2.75, 3.05) is 7.05 Å². The van der Waals surface area contributed by atoms with Crippen molar-refractivity contribution in [1.29, 1.82) is 0 Å². The summed E-state index contributed by atoms with van der Waals surface area (Å²) >= 11 is 0. The van der Waals surface area contributed by atoms with E-state index in [2.05, 4.69) is 62.5 Å². The minimum absolute atomic E-state index is 0.238. The van der Waals surface area contributed by atoms with Crippen LogP contribution in [0, 0.1) is 4.91 Å². The molecular weight excluding hydrogens is 431 g/mol. The van der Waals surface area contributed by atoms with Crippen LogP contribution in [0.2, 0.25) is 0 Å². The summed E-state index contributed by atoms with van der Waals surface area (Å²) in [5.74, 6) is 0.202. The van der Waals surface area contributed by atoms with Crippen molar-refractivity contribution >= 4 is 24.8 Å². The van der Waals surface area contributed by atoms with E-state index in [0.717, 1.165) is 18.3 Å². The van der Waals surface area contributed by atoms with Crippen LogP contribution in [0.1, 0.15) is 79.7 Å². The molecule has 0 unspecified atom stereocenters. The van der Waals surface area contributed by atoms with E-state index in [9.17, 15) is 14.5 Å². The van der Waals surface area contributed by atoms with Gasteiger partial charge in [-0.3, -0.25) is 9.59 Å². The van der Waals surface area contributed by atoms with Gasteiger partial charge in [0.05, 0.1) is 11.2 Å². The molecular formula is C26H33BN2O5. The first-order valence-corrected chi connectivity index (χ1v) is 11.5. The molecule has 0 bridgehead atoms. The van der Waals surface area contributed by atoms with Crippen molar-refractivity contribution in [3.8, 4) is 0 Å². The molecule has 1 aliphatic carbocycles. The highest BCUT2D eigenvalue weighted by molar-refractivity contribution is 6.62. The first-order chi connectivity index (χ1) is 15.9. The van der Waals surface area contributed by atoms with Gasteiger partial charge in [0.1, 0.15) is 5.54 Å². The van der Waals surface area contributed by atoms with Crippen molar-refractivity contribution in [2.45, 2.75) is 70.1 Å². The number of benzene rings is 2. The lowest BCUT2D eigenvalue weighted by molar-refractivity contribution is 0.00578. The van der Waals surface area contributed by atoms with E-state index >= 15 is 0 Å². The van der Waals surface area contributed by atoms with Crippen molar-refractivity contribution in [3.63, 3.8) is 0 Å². The van der Waals surface area contributed by atoms with Crippen molar-refractivity contribution < 1.29 is 18.9 Å². The molecule has 1 heterocycles. The Bertz CT molecular complexity index is 1030. The van der Waals surface area contributed by atoms with Crippen molar-refractivity contribution in [1.82, 2.24) is 5.32 Å². The van der Waals surface area contributed by atoms with Gasteiger partial charge in [0.25, 0.3) is 5.91 Å². The van der Waals surface area contributed by atoms with Crippen LogP contribution in [0.15, 0.2) is 53.7 Å². The van der Waals surface area contributed by atoms with E-state index in [1.165, 1.54) is 12.6 Å². The molecule has 1 saturated heterocycles. The average molecular weight is 464 g/mol. The molecule has 4 rings (SSSR count). The van der Waals surface area contributed by atoms with E-state index in [1.807, 2.05) is 6.92 Å². The predicted octanol–water partition coefficient (Wildman–Crippen LogP) is 4.25. The third-order valence-electron chi connectivity index (χ3n) is 7.09. The molecule has 1 amide bonds. The van der Waals surface area contributed by atoms with Gasteiger partial charge in [0.15, 0.2) is 6.29 Å². The Labute approximate surface area is 201 Å². The lowest BCUT2D eigenvalue weighted by Crippen LogP contribution is -2.41. The lowest BCUT2D eigenvalue weighted by Gasteiger charge is -2.39. The van der Waals surface area contributed by atoms with Crippen LogP contribution < -0.4 is 10.8 Å². The van der Waals surface area contributed by atoms with Crippen LogP contribution in [0.3, 0.4) is 0 Å². The maximum atomic E-state index is 11.1. The molecule has 1 N–H and O–H groups in total. The summed E-state index contributed by atoms with van der Waals surface area (Å²) in [6, 6.07) is 15.0. The molecule has 180 valence electrons. The van der Waals surface area contributed by atoms with Gasteiger partial charge in [-0.15, -0.1) is 0 Å². The zero-order valence-electron chi connectivity index (χ0n) is 20.8. The van der Waals surface area contributed by atoms with Gasteiger partial charge in [-0.1, -0.05) is 47.6 Å². The first-order valence-electron chi connectivity index (χ1n) is 11.5. The number of nitrogens with zero attached hydrogens (tertiary/aromatic N) is 1. The normalized spacial score (nSPS) is 24.3. The van der Waals surface area contributed by atoms with Gasteiger partial charge in [0.2, 0.25) is 0 Å². The molecule has 8 heteroatoms. The molecule has 0 spiro atoms.